The Morgan fingerprint density at radius 3 is 2.92 bits per heavy atom. The van der Waals surface area contributed by atoms with Gasteiger partial charge in [0.25, 0.3) is 0 Å². The highest BCUT2D eigenvalue weighted by atomic mass is 32.1. The molecule has 2 aromatic rings. The molecular formula is C7H5N3O2S. The minimum Gasteiger partial charge on any atom is -0.258 e. The van der Waals surface area contributed by atoms with Gasteiger partial charge in [0.1, 0.15) is 5.52 Å². The van der Waals surface area contributed by atoms with Crippen molar-refractivity contribution in [3.8, 4) is 0 Å². The van der Waals surface area contributed by atoms with Crippen LogP contribution in [0, 0.1) is 17.0 Å². The number of fused-ring (bicyclic) bond motifs is 1. The highest BCUT2D eigenvalue weighted by Gasteiger charge is 2.18. The van der Waals surface area contributed by atoms with Gasteiger partial charge in [-0.1, -0.05) is 6.07 Å². The lowest BCUT2D eigenvalue weighted by atomic mass is 10.2. The summed E-state index contributed by atoms with van der Waals surface area (Å²) < 4.78 is 7.82. The lowest BCUT2D eigenvalue weighted by Gasteiger charge is -1.95. The van der Waals surface area contributed by atoms with Gasteiger partial charge in [-0.2, -0.15) is 8.75 Å². The molecule has 0 radical (unpaired) electrons. The van der Waals surface area contributed by atoms with E-state index in [1.807, 2.05) is 0 Å². The van der Waals surface area contributed by atoms with E-state index >= 15 is 0 Å². The average Bonchev–Trinajstić information content (AvgIpc) is 2.50. The zero-order valence-corrected chi connectivity index (χ0v) is 7.54. The summed E-state index contributed by atoms with van der Waals surface area (Å²) in [4.78, 5) is 10.3. The molecule has 0 fully saturated rings. The molecule has 1 aromatic carbocycles. The van der Waals surface area contributed by atoms with E-state index < -0.39 is 4.92 Å². The molecule has 0 aliphatic heterocycles. The van der Waals surface area contributed by atoms with Crippen LogP contribution in [0.25, 0.3) is 11.0 Å². The molecule has 5 nitrogen and oxygen atoms in total. The maximum atomic E-state index is 10.7. The number of nitrogens with zero attached hydrogens (tertiary/aromatic N) is 3. The predicted octanol–water partition coefficient (Wildman–Crippen LogP) is 1.91. The number of rotatable bonds is 1. The van der Waals surface area contributed by atoms with Crippen LogP contribution in [0.5, 0.6) is 0 Å². The van der Waals surface area contributed by atoms with E-state index in [1.54, 1.807) is 19.1 Å². The quantitative estimate of drug-likeness (QED) is 0.514. The monoisotopic (exact) mass is 195 g/mol. The van der Waals surface area contributed by atoms with Gasteiger partial charge in [-0.3, -0.25) is 10.1 Å². The molecule has 6 heteroatoms. The first kappa shape index (κ1) is 8.06. The van der Waals surface area contributed by atoms with Crippen LogP contribution in [0.4, 0.5) is 5.69 Å². The fourth-order valence-corrected chi connectivity index (χ4v) is 1.71. The Kier molecular flexibility index (Phi) is 1.70. The van der Waals surface area contributed by atoms with E-state index in [0.717, 1.165) is 11.7 Å². The Morgan fingerprint density at radius 1 is 1.46 bits per heavy atom. The lowest BCUT2D eigenvalue weighted by Crippen LogP contribution is -1.92. The lowest BCUT2D eigenvalue weighted by molar-refractivity contribution is -0.383. The summed E-state index contributed by atoms with van der Waals surface area (Å²) in [5.41, 5.74) is 1.65. The summed E-state index contributed by atoms with van der Waals surface area (Å²) >= 11 is 0.989. The van der Waals surface area contributed by atoms with Crippen molar-refractivity contribution in [3.63, 3.8) is 0 Å². The normalized spacial score (nSPS) is 10.5. The molecule has 13 heavy (non-hydrogen) atoms. The Bertz CT molecular complexity index is 480. The number of nitro benzene ring substituents is 1. The Morgan fingerprint density at radius 2 is 2.23 bits per heavy atom. The number of aromatic nitrogens is 2. The van der Waals surface area contributed by atoms with Gasteiger partial charge in [0.2, 0.25) is 0 Å². The van der Waals surface area contributed by atoms with Gasteiger partial charge < -0.3 is 0 Å². The molecule has 0 saturated carbocycles. The van der Waals surface area contributed by atoms with Crippen molar-refractivity contribution < 1.29 is 4.92 Å². The molecule has 0 unspecified atom stereocenters. The summed E-state index contributed by atoms with van der Waals surface area (Å²) in [5, 5.41) is 10.7. The fraction of sp³-hybridized carbons (Fsp3) is 0.143. The van der Waals surface area contributed by atoms with Gasteiger partial charge >= 0.3 is 5.69 Å². The average molecular weight is 195 g/mol. The summed E-state index contributed by atoms with van der Waals surface area (Å²) in [6.07, 6.45) is 0. The fourth-order valence-electron chi connectivity index (χ4n) is 1.17. The SMILES string of the molecule is Cc1ccc2nsnc2c1[N+](=O)[O-]. The number of hydrogen-bond acceptors (Lipinski definition) is 5. The number of aryl methyl sites for hydroxylation is 1. The van der Waals surface area contributed by atoms with E-state index in [4.69, 9.17) is 0 Å². The molecule has 0 spiro atoms. The van der Waals surface area contributed by atoms with Crippen LogP contribution in [0.3, 0.4) is 0 Å². The van der Waals surface area contributed by atoms with Crippen molar-refractivity contribution in [2.75, 3.05) is 0 Å². The van der Waals surface area contributed by atoms with E-state index in [2.05, 4.69) is 8.75 Å². The van der Waals surface area contributed by atoms with E-state index in [0.29, 0.717) is 16.6 Å². The first-order valence-electron chi connectivity index (χ1n) is 3.56. The molecule has 0 atom stereocenters. The van der Waals surface area contributed by atoms with Crippen LogP contribution in [-0.2, 0) is 0 Å². The highest BCUT2D eigenvalue weighted by molar-refractivity contribution is 7.00. The zero-order valence-electron chi connectivity index (χ0n) is 6.72. The predicted molar refractivity (Wildman–Crippen MR) is 48.8 cm³/mol. The molecule has 66 valence electrons. The van der Waals surface area contributed by atoms with Crippen LogP contribution in [0.1, 0.15) is 5.56 Å². The third-order valence-electron chi connectivity index (χ3n) is 1.79. The van der Waals surface area contributed by atoms with Gasteiger partial charge in [-0.05, 0) is 13.0 Å². The molecular weight excluding hydrogens is 190 g/mol. The molecule has 0 amide bonds. The maximum absolute atomic E-state index is 10.7. The Balaban J connectivity index is 2.88. The molecule has 1 aromatic heterocycles. The van der Waals surface area contributed by atoms with E-state index in [-0.39, 0.29) is 5.69 Å². The number of nitro groups is 1. The van der Waals surface area contributed by atoms with Crippen molar-refractivity contribution in [1.82, 2.24) is 8.75 Å². The number of benzene rings is 1. The van der Waals surface area contributed by atoms with Gasteiger partial charge in [0.15, 0.2) is 5.52 Å². The molecule has 1 heterocycles. The first-order valence-corrected chi connectivity index (χ1v) is 4.29. The van der Waals surface area contributed by atoms with Crippen molar-refractivity contribution in [1.29, 1.82) is 0 Å². The smallest absolute Gasteiger partial charge is 0.258 e. The number of hydrogen-bond donors (Lipinski definition) is 0. The standard InChI is InChI=1S/C7H5N3O2S/c1-4-2-3-5-6(9-13-8-5)7(4)10(11)12/h2-3H,1H3. The van der Waals surface area contributed by atoms with Crippen LogP contribution in [0.2, 0.25) is 0 Å². The summed E-state index contributed by atoms with van der Waals surface area (Å²) in [6.45, 7) is 1.69. The summed E-state index contributed by atoms with van der Waals surface area (Å²) in [7, 11) is 0. The molecule has 0 aliphatic rings. The maximum Gasteiger partial charge on any atom is 0.301 e. The second-order valence-corrected chi connectivity index (χ2v) is 3.15. The first-order chi connectivity index (χ1) is 6.20. The Hall–Kier alpha value is -1.56. The van der Waals surface area contributed by atoms with Crippen LogP contribution >= 0.6 is 11.7 Å². The second-order valence-electron chi connectivity index (χ2n) is 2.62. The van der Waals surface area contributed by atoms with Gasteiger partial charge in [0, 0.05) is 5.56 Å². The van der Waals surface area contributed by atoms with Crippen molar-refractivity contribution in [3.05, 3.63) is 27.8 Å². The van der Waals surface area contributed by atoms with Gasteiger partial charge in [-0.25, -0.2) is 0 Å². The molecule has 0 N–H and O–H groups in total. The third kappa shape index (κ3) is 1.15. The minimum absolute atomic E-state index is 0.0613. The molecule has 0 bridgehead atoms. The van der Waals surface area contributed by atoms with Crippen molar-refractivity contribution in [2.24, 2.45) is 0 Å². The van der Waals surface area contributed by atoms with Crippen molar-refractivity contribution >= 4 is 28.4 Å². The van der Waals surface area contributed by atoms with Crippen LogP contribution in [0.15, 0.2) is 12.1 Å². The van der Waals surface area contributed by atoms with Crippen molar-refractivity contribution in [2.45, 2.75) is 6.92 Å². The largest absolute Gasteiger partial charge is 0.301 e. The van der Waals surface area contributed by atoms with Gasteiger partial charge in [-0.15, -0.1) is 0 Å². The Labute approximate surface area is 77.5 Å². The second kappa shape index (κ2) is 2.74. The topological polar surface area (TPSA) is 68.9 Å². The summed E-state index contributed by atoms with van der Waals surface area (Å²) in [6, 6.07) is 3.42. The van der Waals surface area contributed by atoms with E-state index in [9.17, 15) is 10.1 Å². The van der Waals surface area contributed by atoms with Crippen LogP contribution in [-0.4, -0.2) is 13.7 Å². The van der Waals surface area contributed by atoms with Crippen LogP contribution < -0.4 is 0 Å². The summed E-state index contributed by atoms with van der Waals surface area (Å²) in [5.74, 6) is 0. The van der Waals surface area contributed by atoms with Gasteiger partial charge in [0.05, 0.1) is 16.7 Å². The zero-order chi connectivity index (χ0) is 9.42. The van der Waals surface area contributed by atoms with E-state index in [1.165, 1.54) is 0 Å². The molecule has 0 aliphatic carbocycles. The molecule has 0 saturated heterocycles. The third-order valence-corrected chi connectivity index (χ3v) is 2.33. The molecule has 2 rings (SSSR count). The highest BCUT2D eigenvalue weighted by Crippen LogP contribution is 2.27. The minimum atomic E-state index is -0.418.